The summed E-state index contributed by atoms with van der Waals surface area (Å²) in [5, 5.41) is 9.89. The molecule has 10 heteroatoms. The summed E-state index contributed by atoms with van der Waals surface area (Å²) in [5.74, 6) is -2.06. The first kappa shape index (κ1) is 23.4. The van der Waals surface area contributed by atoms with Gasteiger partial charge in [0.1, 0.15) is 11.4 Å². The average molecular weight is 469 g/mol. The third kappa shape index (κ3) is 4.49. The Morgan fingerprint density at radius 2 is 1.88 bits per heavy atom. The molecule has 1 atom stereocenters. The zero-order valence-corrected chi connectivity index (χ0v) is 18.9. The quantitative estimate of drug-likeness (QED) is 0.481. The van der Waals surface area contributed by atoms with E-state index in [1.165, 1.54) is 12.1 Å². The minimum Gasteiger partial charge on any atom is -0.398 e. The van der Waals surface area contributed by atoms with E-state index in [4.69, 9.17) is 5.73 Å². The summed E-state index contributed by atoms with van der Waals surface area (Å²) in [4.78, 5) is 27.6. The molecule has 1 aliphatic heterocycles. The number of hydrogen-bond acceptors (Lipinski definition) is 6. The molecule has 1 aromatic heterocycles. The molecule has 4 rings (SSSR count). The van der Waals surface area contributed by atoms with Gasteiger partial charge in [-0.1, -0.05) is 13.0 Å². The summed E-state index contributed by atoms with van der Waals surface area (Å²) >= 11 is 0. The summed E-state index contributed by atoms with van der Waals surface area (Å²) in [6.45, 7) is 4.31. The van der Waals surface area contributed by atoms with E-state index in [1.54, 1.807) is 12.1 Å². The van der Waals surface area contributed by atoms with E-state index in [2.05, 4.69) is 27.6 Å². The fraction of sp³-hybridized carbons (Fsp3) is 0.292. The van der Waals surface area contributed by atoms with Gasteiger partial charge in [0, 0.05) is 37.0 Å². The van der Waals surface area contributed by atoms with Crippen LogP contribution < -0.4 is 26.8 Å². The number of halogens is 2. The van der Waals surface area contributed by atoms with Crippen molar-refractivity contribution < 1.29 is 13.6 Å². The van der Waals surface area contributed by atoms with Crippen LogP contribution in [-0.4, -0.2) is 35.8 Å². The van der Waals surface area contributed by atoms with Gasteiger partial charge in [0.15, 0.2) is 11.6 Å². The standard InChI is InChI=1S/C24H26F2N6O2/c1-14-10-11-31(13-14)22-15(12-28-2)18(27)6-7-19(22)29-24(34)20-8-9-21(33)32(30-20)23-16(25)4-3-5-17(23)26/h3-9,14,28H,10-13,27H2,1-2H3,(H,29,34)/t14-/m0/s1. The summed E-state index contributed by atoms with van der Waals surface area (Å²) in [7, 11) is 1.82. The van der Waals surface area contributed by atoms with Gasteiger partial charge in [-0.15, -0.1) is 0 Å². The van der Waals surface area contributed by atoms with Gasteiger partial charge in [0.2, 0.25) is 0 Å². The largest absolute Gasteiger partial charge is 0.398 e. The lowest BCUT2D eigenvalue weighted by molar-refractivity contribution is 0.102. The Morgan fingerprint density at radius 1 is 1.15 bits per heavy atom. The SMILES string of the molecule is CNCc1c(N)ccc(NC(=O)c2ccc(=O)n(-c3c(F)cccc3F)n2)c1N1CC[C@H](C)C1. The smallest absolute Gasteiger partial charge is 0.276 e. The average Bonchev–Trinajstić information content (AvgIpc) is 3.23. The minimum absolute atomic E-state index is 0.171. The Morgan fingerprint density at radius 3 is 2.53 bits per heavy atom. The van der Waals surface area contributed by atoms with Crippen LogP contribution in [0.3, 0.4) is 0 Å². The van der Waals surface area contributed by atoms with Crippen LogP contribution in [0.15, 0.2) is 47.3 Å². The van der Waals surface area contributed by atoms with Crippen molar-refractivity contribution in [3.05, 3.63) is 75.7 Å². The Bertz CT molecular complexity index is 1270. The number of aromatic nitrogens is 2. The molecule has 0 saturated carbocycles. The normalized spacial score (nSPS) is 15.5. The second kappa shape index (κ2) is 9.60. The van der Waals surface area contributed by atoms with Crippen molar-refractivity contribution in [2.75, 3.05) is 36.1 Å². The molecule has 34 heavy (non-hydrogen) atoms. The lowest BCUT2D eigenvalue weighted by atomic mass is 10.1. The van der Waals surface area contributed by atoms with Crippen LogP contribution in [0.25, 0.3) is 5.69 Å². The number of para-hydroxylation sites is 1. The fourth-order valence-electron chi connectivity index (χ4n) is 4.18. The number of nitrogens with zero attached hydrogens (tertiary/aromatic N) is 3. The van der Waals surface area contributed by atoms with Gasteiger partial charge in [-0.3, -0.25) is 9.59 Å². The van der Waals surface area contributed by atoms with E-state index in [1.807, 2.05) is 7.05 Å². The molecule has 1 aliphatic rings. The van der Waals surface area contributed by atoms with Crippen molar-refractivity contribution in [3.8, 4) is 5.69 Å². The van der Waals surface area contributed by atoms with Crippen molar-refractivity contribution in [1.29, 1.82) is 0 Å². The molecule has 1 fully saturated rings. The molecule has 0 radical (unpaired) electrons. The molecule has 0 unspecified atom stereocenters. The zero-order valence-electron chi connectivity index (χ0n) is 18.9. The lowest BCUT2D eigenvalue weighted by Crippen LogP contribution is -2.28. The van der Waals surface area contributed by atoms with Crippen molar-refractivity contribution in [2.45, 2.75) is 19.9 Å². The Labute approximate surface area is 195 Å². The minimum atomic E-state index is -0.965. The predicted molar refractivity (Wildman–Crippen MR) is 127 cm³/mol. The summed E-state index contributed by atoms with van der Waals surface area (Å²) in [6.07, 6.45) is 1.02. The van der Waals surface area contributed by atoms with Gasteiger partial charge < -0.3 is 21.3 Å². The Kier molecular flexibility index (Phi) is 6.60. The molecule has 0 spiro atoms. The number of amides is 1. The van der Waals surface area contributed by atoms with E-state index >= 15 is 0 Å². The number of carbonyl (C=O) groups excluding carboxylic acids is 1. The molecule has 0 aliphatic carbocycles. The summed E-state index contributed by atoms with van der Waals surface area (Å²) in [6, 6.07) is 8.91. The maximum atomic E-state index is 14.2. The highest BCUT2D eigenvalue weighted by Gasteiger charge is 2.26. The first-order valence-corrected chi connectivity index (χ1v) is 11.0. The van der Waals surface area contributed by atoms with Crippen LogP contribution in [0.5, 0.6) is 0 Å². The van der Waals surface area contributed by atoms with Crippen LogP contribution in [0.4, 0.5) is 25.8 Å². The van der Waals surface area contributed by atoms with E-state index in [0.717, 1.165) is 49.0 Å². The number of anilines is 3. The molecule has 1 amide bonds. The maximum Gasteiger partial charge on any atom is 0.276 e. The second-order valence-corrected chi connectivity index (χ2v) is 8.39. The highest BCUT2D eigenvalue weighted by atomic mass is 19.1. The monoisotopic (exact) mass is 468 g/mol. The topological polar surface area (TPSA) is 105 Å². The van der Waals surface area contributed by atoms with Gasteiger partial charge in [0.25, 0.3) is 11.5 Å². The van der Waals surface area contributed by atoms with E-state index < -0.39 is 28.8 Å². The molecule has 2 heterocycles. The molecule has 8 nitrogen and oxygen atoms in total. The molecule has 3 aromatic rings. The van der Waals surface area contributed by atoms with Crippen molar-refractivity contribution in [2.24, 2.45) is 5.92 Å². The van der Waals surface area contributed by atoms with Gasteiger partial charge in [0.05, 0.1) is 11.4 Å². The number of rotatable bonds is 6. The predicted octanol–water partition coefficient (Wildman–Crippen LogP) is 2.91. The number of nitrogens with one attached hydrogen (secondary N) is 2. The van der Waals surface area contributed by atoms with Crippen LogP contribution in [-0.2, 0) is 6.54 Å². The molecular formula is C24H26F2N6O2. The first-order chi connectivity index (χ1) is 16.3. The number of benzene rings is 2. The van der Waals surface area contributed by atoms with Crippen LogP contribution in [0.1, 0.15) is 29.4 Å². The van der Waals surface area contributed by atoms with E-state index in [-0.39, 0.29) is 5.69 Å². The third-order valence-corrected chi connectivity index (χ3v) is 5.84. The summed E-state index contributed by atoms with van der Waals surface area (Å²) in [5.41, 5.74) is 7.49. The Hall–Kier alpha value is -3.79. The van der Waals surface area contributed by atoms with Crippen molar-refractivity contribution >= 4 is 23.0 Å². The van der Waals surface area contributed by atoms with Crippen molar-refractivity contribution in [1.82, 2.24) is 15.1 Å². The van der Waals surface area contributed by atoms with Crippen LogP contribution >= 0.6 is 0 Å². The van der Waals surface area contributed by atoms with E-state index in [0.29, 0.717) is 28.5 Å². The maximum absolute atomic E-state index is 14.2. The second-order valence-electron chi connectivity index (χ2n) is 8.39. The Balaban J connectivity index is 1.73. The zero-order chi connectivity index (χ0) is 24.4. The number of nitrogen functional groups attached to an aromatic ring is 1. The van der Waals surface area contributed by atoms with Crippen molar-refractivity contribution in [3.63, 3.8) is 0 Å². The summed E-state index contributed by atoms with van der Waals surface area (Å²) < 4.78 is 29.0. The fourth-order valence-corrected chi connectivity index (χ4v) is 4.18. The number of carbonyl (C=O) groups is 1. The molecule has 178 valence electrons. The number of nitrogens with two attached hydrogens (primary N) is 1. The van der Waals surface area contributed by atoms with Gasteiger partial charge in [-0.2, -0.15) is 9.78 Å². The van der Waals surface area contributed by atoms with Gasteiger partial charge >= 0.3 is 0 Å². The van der Waals surface area contributed by atoms with Crippen LogP contribution in [0, 0.1) is 17.6 Å². The highest BCUT2D eigenvalue weighted by Crippen LogP contribution is 2.37. The van der Waals surface area contributed by atoms with E-state index in [9.17, 15) is 18.4 Å². The third-order valence-electron chi connectivity index (χ3n) is 5.84. The molecule has 2 aromatic carbocycles. The number of hydrogen-bond donors (Lipinski definition) is 3. The highest BCUT2D eigenvalue weighted by molar-refractivity contribution is 6.05. The van der Waals surface area contributed by atoms with Gasteiger partial charge in [-0.25, -0.2) is 8.78 Å². The van der Waals surface area contributed by atoms with Crippen LogP contribution in [0.2, 0.25) is 0 Å². The van der Waals surface area contributed by atoms with Gasteiger partial charge in [-0.05, 0) is 49.7 Å². The molecular weight excluding hydrogens is 442 g/mol. The first-order valence-electron chi connectivity index (χ1n) is 11.0. The lowest BCUT2D eigenvalue weighted by Gasteiger charge is -2.26. The molecule has 4 N–H and O–H groups in total. The molecule has 1 saturated heterocycles. The molecule has 0 bridgehead atoms.